The Kier molecular flexibility index (Phi) is 11.5. The Morgan fingerprint density at radius 1 is 0.964 bits per heavy atom. The van der Waals surface area contributed by atoms with Gasteiger partial charge in [0.15, 0.2) is 0 Å². The number of rotatable bonds is 11. The maximum atomic E-state index is 12.2. The highest BCUT2D eigenvalue weighted by molar-refractivity contribution is 7.91. The van der Waals surface area contributed by atoms with Crippen LogP contribution in [0.15, 0.2) is 35.5 Å². The number of carboxylic acid groups (broad SMARTS) is 1. The molecule has 9 atom stereocenters. The Morgan fingerprint density at radius 2 is 1.64 bits per heavy atom. The molecule has 5 fully saturated rings. The SMILES string of the molecule is C=C(C)[C@@H]1CC[C@]2(NCC[C@]3(O)CC[C@@H](S(C)(=O)=O)CC3)CC[C@]3(C)[C@H](CC[C@@H]4C(C)(C)[C@H](C(C)(C)/C(=C\C)C5=CC[C@@](CO)(C(=O)O)CC5)CC[C@]43C)[C@@H]12. The van der Waals surface area contributed by atoms with Crippen LogP contribution in [0.5, 0.6) is 0 Å². The first-order valence-corrected chi connectivity index (χ1v) is 23.9. The number of carboxylic acids is 1. The molecule has 6 aliphatic carbocycles. The minimum Gasteiger partial charge on any atom is -0.481 e. The van der Waals surface area contributed by atoms with Crippen LogP contribution in [-0.2, 0) is 14.6 Å². The fraction of sp³-hybridized carbons (Fsp3) is 0.851. The van der Waals surface area contributed by atoms with Crippen molar-refractivity contribution in [2.75, 3.05) is 19.4 Å². The molecule has 0 aromatic rings. The Labute approximate surface area is 334 Å². The summed E-state index contributed by atoms with van der Waals surface area (Å²) in [6.07, 6.45) is 19.8. The van der Waals surface area contributed by atoms with Gasteiger partial charge in [-0.15, -0.1) is 0 Å². The van der Waals surface area contributed by atoms with Crippen molar-refractivity contribution >= 4 is 15.8 Å². The maximum absolute atomic E-state index is 12.2. The van der Waals surface area contributed by atoms with E-state index in [-0.39, 0.29) is 39.1 Å². The minimum absolute atomic E-state index is 0.0504. The quantitative estimate of drug-likeness (QED) is 0.154. The highest BCUT2D eigenvalue weighted by Gasteiger charge is 2.69. The van der Waals surface area contributed by atoms with Gasteiger partial charge in [0, 0.05) is 11.8 Å². The highest BCUT2D eigenvalue weighted by Crippen LogP contribution is 2.75. The molecular weight excluding hydrogens is 707 g/mol. The molecule has 6 rings (SSSR count). The van der Waals surface area contributed by atoms with Gasteiger partial charge in [-0.1, -0.05) is 65.8 Å². The average Bonchev–Trinajstić information content (AvgIpc) is 3.48. The molecule has 0 radical (unpaired) electrons. The molecule has 7 nitrogen and oxygen atoms in total. The van der Waals surface area contributed by atoms with Crippen LogP contribution in [0.3, 0.4) is 0 Å². The monoisotopic (exact) mass is 784 g/mol. The second kappa shape index (κ2) is 14.7. The molecule has 5 saturated carbocycles. The van der Waals surface area contributed by atoms with Crippen LogP contribution in [0.25, 0.3) is 0 Å². The molecule has 0 aromatic carbocycles. The first-order chi connectivity index (χ1) is 25.5. The number of aliphatic hydroxyl groups excluding tert-OH is 1. The smallest absolute Gasteiger partial charge is 0.312 e. The van der Waals surface area contributed by atoms with Crippen molar-refractivity contribution in [1.82, 2.24) is 5.32 Å². The summed E-state index contributed by atoms with van der Waals surface area (Å²) in [5.74, 6) is 1.81. The molecule has 0 spiro atoms. The molecule has 0 aromatic heterocycles. The van der Waals surface area contributed by atoms with Gasteiger partial charge in [-0.3, -0.25) is 4.79 Å². The number of hydrogen-bond donors (Lipinski definition) is 4. The van der Waals surface area contributed by atoms with E-state index in [0.29, 0.717) is 81.0 Å². The van der Waals surface area contributed by atoms with Gasteiger partial charge in [0.1, 0.15) is 9.84 Å². The number of fused-ring (bicyclic) bond motifs is 5. The van der Waals surface area contributed by atoms with Crippen LogP contribution in [-0.4, -0.2) is 65.5 Å². The zero-order valence-corrected chi connectivity index (χ0v) is 36.8. The summed E-state index contributed by atoms with van der Waals surface area (Å²) in [6, 6.07) is 0. The summed E-state index contributed by atoms with van der Waals surface area (Å²) in [7, 11) is -3.07. The summed E-state index contributed by atoms with van der Waals surface area (Å²) < 4.78 is 24.4. The van der Waals surface area contributed by atoms with Gasteiger partial charge in [-0.25, -0.2) is 8.42 Å². The molecule has 312 valence electrons. The predicted octanol–water partition coefficient (Wildman–Crippen LogP) is 9.44. The molecule has 0 unspecified atom stereocenters. The molecule has 0 saturated heterocycles. The topological polar surface area (TPSA) is 124 Å². The van der Waals surface area contributed by atoms with Crippen LogP contribution in [0.2, 0.25) is 0 Å². The van der Waals surface area contributed by atoms with Crippen molar-refractivity contribution in [3.63, 3.8) is 0 Å². The van der Waals surface area contributed by atoms with E-state index < -0.39 is 26.8 Å². The summed E-state index contributed by atoms with van der Waals surface area (Å²) in [5, 5.41) is 35.4. The van der Waals surface area contributed by atoms with Crippen LogP contribution >= 0.6 is 0 Å². The number of aliphatic hydroxyl groups is 2. The normalized spacial score (nSPS) is 43.5. The van der Waals surface area contributed by atoms with Crippen LogP contribution in [0.1, 0.15) is 158 Å². The molecule has 4 N–H and O–H groups in total. The molecule has 0 aliphatic heterocycles. The van der Waals surface area contributed by atoms with Crippen molar-refractivity contribution in [3.8, 4) is 0 Å². The van der Waals surface area contributed by atoms with Crippen LogP contribution in [0, 0.1) is 56.7 Å². The Hall–Kier alpha value is -1.48. The molecule has 0 heterocycles. The van der Waals surface area contributed by atoms with E-state index in [1.165, 1.54) is 61.5 Å². The van der Waals surface area contributed by atoms with Gasteiger partial charge < -0.3 is 20.6 Å². The standard InChI is InChI=1S/C47H77NO6S/c1-11-35(32-14-21-45(30-49,22-15-32)40(50)51)41(4,5)37-19-20-44(9)38(42(37,6)7)13-12-36-39-34(31(2)3)18-25-47(39,27-26-43(36,44)8)48-29-28-46(52)23-16-33(17-24-46)55(10,53)54/h11,14,33-34,36-39,48-49,52H,2,12-13,15-30H2,1,3-10H3,(H,50,51)/b35-11-/t33-,34-,36+,37-,38+,39+,43+,44+,45+,46+,47-/m0/s1. The minimum atomic E-state index is -3.07. The Bertz CT molecular complexity index is 1670. The van der Waals surface area contributed by atoms with Gasteiger partial charge in [-0.05, 0) is 186 Å². The lowest BCUT2D eigenvalue weighted by Crippen LogP contribution is -2.67. The van der Waals surface area contributed by atoms with Gasteiger partial charge in [0.2, 0.25) is 0 Å². The van der Waals surface area contributed by atoms with Crippen molar-refractivity contribution in [2.24, 2.45) is 56.7 Å². The van der Waals surface area contributed by atoms with Gasteiger partial charge in [-0.2, -0.15) is 0 Å². The lowest BCUT2D eigenvalue weighted by atomic mass is 9.34. The van der Waals surface area contributed by atoms with Crippen LogP contribution < -0.4 is 5.32 Å². The van der Waals surface area contributed by atoms with E-state index in [1.54, 1.807) is 0 Å². The van der Waals surface area contributed by atoms with E-state index in [1.807, 2.05) is 0 Å². The zero-order chi connectivity index (χ0) is 40.6. The van der Waals surface area contributed by atoms with Gasteiger partial charge >= 0.3 is 5.97 Å². The van der Waals surface area contributed by atoms with E-state index in [4.69, 9.17) is 0 Å². The average molecular weight is 784 g/mol. The zero-order valence-electron chi connectivity index (χ0n) is 36.0. The number of carbonyl (C=O) groups is 1. The summed E-state index contributed by atoms with van der Waals surface area (Å²) >= 11 is 0. The third-order valence-electron chi connectivity index (χ3n) is 18.6. The van der Waals surface area contributed by atoms with Gasteiger partial charge in [0.05, 0.1) is 22.9 Å². The number of allylic oxidation sites excluding steroid dienone is 5. The fourth-order valence-corrected chi connectivity index (χ4v) is 16.4. The van der Waals surface area contributed by atoms with Crippen LogP contribution in [0.4, 0.5) is 0 Å². The molecule has 8 heteroatoms. The van der Waals surface area contributed by atoms with Gasteiger partial charge in [0.25, 0.3) is 0 Å². The number of hydrogen-bond acceptors (Lipinski definition) is 6. The number of nitrogens with one attached hydrogen (secondary N) is 1. The Balaban J connectivity index is 1.22. The second-order valence-electron chi connectivity index (χ2n) is 21.7. The molecule has 55 heavy (non-hydrogen) atoms. The lowest BCUT2D eigenvalue weighted by molar-refractivity contribution is -0.215. The summed E-state index contributed by atoms with van der Waals surface area (Å²) in [4.78, 5) is 12.1. The molecule has 0 bridgehead atoms. The lowest BCUT2D eigenvalue weighted by Gasteiger charge is -2.71. The summed E-state index contributed by atoms with van der Waals surface area (Å²) in [5.41, 5.74) is 2.59. The number of sulfone groups is 1. The van der Waals surface area contributed by atoms with Crippen molar-refractivity contribution in [1.29, 1.82) is 0 Å². The first-order valence-electron chi connectivity index (χ1n) is 22.0. The van der Waals surface area contributed by atoms with E-state index in [2.05, 4.69) is 79.4 Å². The third kappa shape index (κ3) is 6.99. The van der Waals surface area contributed by atoms with E-state index in [9.17, 15) is 28.5 Å². The molecular formula is C47H77NO6S. The maximum Gasteiger partial charge on any atom is 0.312 e. The Morgan fingerprint density at radius 3 is 2.18 bits per heavy atom. The van der Waals surface area contributed by atoms with E-state index in [0.717, 1.165) is 19.4 Å². The third-order valence-corrected chi connectivity index (χ3v) is 20.3. The molecule has 6 aliphatic rings. The van der Waals surface area contributed by atoms with Crippen molar-refractivity contribution in [2.45, 2.75) is 175 Å². The first kappa shape index (κ1) is 43.1. The predicted molar refractivity (Wildman–Crippen MR) is 223 cm³/mol. The van der Waals surface area contributed by atoms with Crippen molar-refractivity contribution < 1.29 is 28.5 Å². The fourth-order valence-electron chi connectivity index (χ4n) is 15.3. The largest absolute Gasteiger partial charge is 0.481 e. The highest BCUT2D eigenvalue weighted by atomic mass is 32.2. The van der Waals surface area contributed by atoms with Crippen molar-refractivity contribution in [3.05, 3.63) is 35.5 Å². The number of aliphatic carboxylic acids is 1. The summed E-state index contributed by atoms with van der Waals surface area (Å²) in [6.45, 7) is 24.8. The van der Waals surface area contributed by atoms with E-state index >= 15 is 0 Å². The molecule has 0 amide bonds. The second-order valence-corrected chi connectivity index (χ2v) is 24.0.